The van der Waals surface area contributed by atoms with Crippen LogP contribution in [-0.4, -0.2) is 16.7 Å². The van der Waals surface area contributed by atoms with E-state index in [2.05, 4.69) is 10.3 Å². The van der Waals surface area contributed by atoms with E-state index in [1.54, 1.807) is 33.1 Å². The van der Waals surface area contributed by atoms with Crippen molar-refractivity contribution in [2.75, 3.05) is 5.32 Å². The molecule has 3 rings (SSSR count). The molecule has 31 heavy (non-hydrogen) atoms. The zero-order valence-corrected chi connectivity index (χ0v) is 18.6. The summed E-state index contributed by atoms with van der Waals surface area (Å²) in [6.45, 7) is 6.93. The molecule has 0 atom stereocenters. The molecule has 0 saturated heterocycles. The van der Waals surface area contributed by atoms with Crippen molar-refractivity contribution in [3.63, 3.8) is 0 Å². The highest BCUT2D eigenvalue weighted by atomic mass is 32.1. The molecule has 1 aromatic heterocycles. The molecule has 0 saturated carbocycles. The molecule has 0 aliphatic heterocycles. The van der Waals surface area contributed by atoms with Crippen LogP contribution in [0.15, 0.2) is 53.2 Å². The average Bonchev–Trinajstić information content (AvgIpc) is 3.11. The van der Waals surface area contributed by atoms with Gasteiger partial charge in [-0.15, -0.1) is 0 Å². The summed E-state index contributed by atoms with van der Waals surface area (Å²) in [6, 6.07) is 4.04. The summed E-state index contributed by atoms with van der Waals surface area (Å²) in [7, 11) is 0. The molecule has 0 unspecified atom stereocenters. The van der Waals surface area contributed by atoms with Gasteiger partial charge in [0.1, 0.15) is 17.2 Å². The summed E-state index contributed by atoms with van der Waals surface area (Å²) >= 11 is 1.22. The molecule has 1 heterocycles. The first-order valence-corrected chi connectivity index (χ1v) is 10.7. The second kappa shape index (κ2) is 9.43. The van der Waals surface area contributed by atoms with Crippen LogP contribution in [0.25, 0.3) is 5.57 Å². The van der Waals surface area contributed by atoms with Crippen molar-refractivity contribution >= 4 is 28.7 Å². The minimum atomic E-state index is -0.748. The SMILES string of the molecule is C/C1=C(F)/C=C(c2csc(Oc3ccc(NC(=O)OC(C)(C)C)c(F)c3)n2)\C=C/CC1. The molecule has 5 nitrogen and oxygen atoms in total. The number of rotatable bonds is 4. The number of amides is 1. The maximum Gasteiger partial charge on any atom is 0.412 e. The summed E-state index contributed by atoms with van der Waals surface area (Å²) in [5, 5.41) is 4.41. The van der Waals surface area contributed by atoms with Gasteiger partial charge >= 0.3 is 6.09 Å². The van der Waals surface area contributed by atoms with Crippen molar-refractivity contribution in [3.05, 3.63) is 64.7 Å². The molecule has 0 radical (unpaired) electrons. The third-order valence-corrected chi connectivity index (χ3v) is 4.95. The Kier molecular flexibility index (Phi) is 6.90. The predicted molar refractivity (Wildman–Crippen MR) is 119 cm³/mol. The quantitative estimate of drug-likeness (QED) is 0.532. The summed E-state index contributed by atoms with van der Waals surface area (Å²) in [4.78, 5) is 16.2. The fourth-order valence-corrected chi connectivity index (χ4v) is 3.41. The van der Waals surface area contributed by atoms with Gasteiger partial charge in [-0.05, 0) is 64.3 Å². The van der Waals surface area contributed by atoms with Gasteiger partial charge in [-0.25, -0.2) is 18.6 Å². The fraction of sp³-hybridized carbons (Fsp3) is 0.304. The van der Waals surface area contributed by atoms with Gasteiger partial charge in [-0.3, -0.25) is 5.32 Å². The second-order valence-corrected chi connectivity index (χ2v) is 8.86. The molecule has 0 bridgehead atoms. The third kappa shape index (κ3) is 6.49. The Morgan fingerprint density at radius 3 is 2.74 bits per heavy atom. The monoisotopic (exact) mass is 446 g/mol. The Morgan fingerprint density at radius 2 is 2.03 bits per heavy atom. The average molecular weight is 447 g/mol. The lowest BCUT2D eigenvalue weighted by molar-refractivity contribution is 0.0635. The van der Waals surface area contributed by atoms with Gasteiger partial charge in [0.25, 0.3) is 5.19 Å². The van der Waals surface area contributed by atoms with Crippen molar-refractivity contribution in [1.82, 2.24) is 4.98 Å². The van der Waals surface area contributed by atoms with Crippen LogP contribution in [0.1, 0.15) is 46.2 Å². The van der Waals surface area contributed by atoms with Crippen LogP contribution in [0.2, 0.25) is 0 Å². The lowest BCUT2D eigenvalue weighted by atomic mass is 10.0. The minimum absolute atomic E-state index is 0.0242. The molecule has 1 aromatic carbocycles. The maximum atomic E-state index is 14.4. The van der Waals surface area contributed by atoms with Crippen molar-refractivity contribution in [2.24, 2.45) is 0 Å². The minimum Gasteiger partial charge on any atom is -0.444 e. The number of nitrogens with zero attached hydrogens (tertiary/aromatic N) is 1. The first kappa shape index (κ1) is 22.7. The van der Waals surface area contributed by atoms with E-state index in [9.17, 15) is 13.6 Å². The number of carbonyl (C=O) groups excluding carboxylic acids is 1. The van der Waals surface area contributed by atoms with Crippen LogP contribution in [0.5, 0.6) is 10.9 Å². The van der Waals surface area contributed by atoms with Crippen LogP contribution in [-0.2, 0) is 4.74 Å². The summed E-state index contributed by atoms with van der Waals surface area (Å²) in [5.41, 5.74) is 1.20. The second-order valence-electron chi connectivity index (χ2n) is 8.04. The van der Waals surface area contributed by atoms with Crippen LogP contribution >= 0.6 is 11.3 Å². The van der Waals surface area contributed by atoms with E-state index in [-0.39, 0.29) is 17.3 Å². The molecule has 1 N–H and O–H groups in total. The molecule has 8 heteroatoms. The highest BCUT2D eigenvalue weighted by Gasteiger charge is 2.18. The normalized spacial score (nSPS) is 19.6. The first-order valence-electron chi connectivity index (χ1n) is 9.77. The molecule has 1 aliphatic carbocycles. The smallest absolute Gasteiger partial charge is 0.412 e. The topological polar surface area (TPSA) is 60.5 Å². The fourth-order valence-electron chi connectivity index (χ4n) is 2.71. The van der Waals surface area contributed by atoms with Gasteiger partial charge in [-0.2, -0.15) is 0 Å². The predicted octanol–water partition coefficient (Wildman–Crippen LogP) is 7.40. The Hall–Kier alpha value is -3.00. The number of ether oxygens (including phenoxy) is 2. The number of halogens is 2. The van der Waals surface area contributed by atoms with E-state index in [1.165, 1.54) is 29.5 Å². The van der Waals surface area contributed by atoms with Gasteiger partial charge in [-0.1, -0.05) is 23.5 Å². The van der Waals surface area contributed by atoms with Gasteiger partial charge in [0, 0.05) is 17.0 Å². The van der Waals surface area contributed by atoms with Crippen molar-refractivity contribution in [2.45, 2.75) is 46.1 Å². The van der Waals surface area contributed by atoms with E-state index < -0.39 is 17.5 Å². The number of aromatic nitrogens is 1. The van der Waals surface area contributed by atoms with Gasteiger partial charge < -0.3 is 9.47 Å². The van der Waals surface area contributed by atoms with Gasteiger partial charge in [0.2, 0.25) is 0 Å². The number of carbonyl (C=O) groups is 1. The molecule has 0 fully saturated rings. The highest BCUT2D eigenvalue weighted by molar-refractivity contribution is 7.11. The number of thiazole rings is 1. The van der Waals surface area contributed by atoms with Crippen LogP contribution in [0.4, 0.5) is 19.3 Å². The van der Waals surface area contributed by atoms with E-state index >= 15 is 0 Å². The van der Waals surface area contributed by atoms with Crippen LogP contribution < -0.4 is 10.1 Å². The van der Waals surface area contributed by atoms with E-state index in [4.69, 9.17) is 9.47 Å². The number of hydrogen-bond donors (Lipinski definition) is 1. The molecular weight excluding hydrogens is 422 g/mol. The zero-order valence-electron chi connectivity index (χ0n) is 17.8. The maximum absolute atomic E-state index is 14.4. The van der Waals surface area contributed by atoms with Gasteiger partial charge in [0.15, 0.2) is 5.82 Å². The molecule has 164 valence electrons. The third-order valence-electron chi connectivity index (χ3n) is 4.23. The number of nitrogens with one attached hydrogen (secondary N) is 1. The summed E-state index contributed by atoms with van der Waals surface area (Å²) in [6.07, 6.45) is 5.96. The van der Waals surface area contributed by atoms with Crippen molar-refractivity contribution in [1.29, 1.82) is 0 Å². The lowest BCUT2D eigenvalue weighted by Crippen LogP contribution is -2.27. The number of allylic oxidation sites excluding steroid dienone is 6. The van der Waals surface area contributed by atoms with Gasteiger partial charge in [0.05, 0.1) is 11.4 Å². The van der Waals surface area contributed by atoms with E-state index in [1.807, 2.05) is 12.2 Å². The Bertz CT molecular complexity index is 1070. The number of benzene rings is 1. The van der Waals surface area contributed by atoms with Crippen molar-refractivity contribution < 1.29 is 23.0 Å². The number of hydrogen-bond acceptors (Lipinski definition) is 5. The Balaban J connectivity index is 1.71. The van der Waals surface area contributed by atoms with E-state index in [0.717, 1.165) is 12.5 Å². The molecular formula is C23H24F2N2O3S. The summed E-state index contributed by atoms with van der Waals surface area (Å²) < 4.78 is 39.3. The number of anilines is 1. The summed E-state index contributed by atoms with van der Waals surface area (Å²) in [5.74, 6) is -0.712. The molecule has 1 aliphatic rings. The molecule has 0 spiro atoms. The molecule has 1 amide bonds. The Morgan fingerprint density at radius 1 is 1.26 bits per heavy atom. The largest absolute Gasteiger partial charge is 0.444 e. The molecule has 2 aromatic rings. The zero-order chi connectivity index (χ0) is 22.6. The highest BCUT2D eigenvalue weighted by Crippen LogP contribution is 2.32. The Labute approximate surface area is 184 Å². The van der Waals surface area contributed by atoms with Crippen LogP contribution in [0, 0.1) is 5.82 Å². The van der Waals surface area contributed by atoms with Crippen LogP contribution in [0.3, 0.4) is 0 Å². The van der Waals surface area contributed by atoms with Crippen molar-refractivity contribution in [3.8, 4) is 10.9 Å². The lowest BCUT2D eigenvalue weighted by Gasteiger charge is -2.19. The van der Waals surface area contributed by atoms with E-state index in [0.29, 0.717) is 28.5 Å². The standard InChI is InChI=1S/C23H24F2N2O3S/c1-14-7-5-6-8-15(11-17(14)24)20-13-31-22(27-20)29-16-9-10-19(18(25)12-16)26-21(28)30-23(2,3)4/h6,8-13H,5,7H2,1-4H3,(H,26,28)/b8-6-,15-11+,17-14+. The first-order chi connectivity index (χ1) is 14.6.